The summed E-state index contributed by atoms with van der Waals surface area (Å²) in [5.41, 5.74) is 2.97. The second-order valence-corrected chi connectivity index (χ2v) is 7.65. The minimum Gasteiger partial charge on any atom is -0.426 e. The lowest BCUT2D eigenvalue weighted by atomic mass is 10.1. The number of thiazole rings is 1. The van der Waals surface area contributed by atoms with Crippen molar-refractivity contribution < 1.29 is 9.53 Å². The van der Waals surface area contributed by atoms with Gasteiger partial charge in [-0.3, -0.25) is 4.79 Å². The molecule has 2 aromatic carbocycles. The molecule has 0 radical (unpaired) electrons. The van der Waals surface area contributed by atoms with Gasteiger partial charge in [-0.05, 0) is 51.8 Å². The van der Waals surface area contributed by atoms with Crippen molar-refractivity contribution in [1.29, 1.82) is 5.26 Å². The van der Waals surface area contributed by atoms with E-state index in [2.05, 4.69) is 27.0 Å². The van der Waals surface area contributed by atoms with Crippen LogP contribution in [-0.2, 0) is 4.79 Å². The summed E-state index contributed by atoms with van der Waals surface area (Å²) in [4.78, 5) is 15.6. The van der Waals surface area contributed by atoms with Gasteiger partial charge in [-0.15, -0.1) is 11.3 Å². The summed E-state index contributed by atoms with van der Waals surface area (Å²) in [6.07, 6.45) is 1.74. The van der Waals surface area contributed by atoms with Crippen molar-refractivity contribution in [3.05, 3.63) is 67.9 Å². The summed E-state index contributed by atoms with van der Waals surface area (Å²) >= 11 is 10.7. The van der Waals surface area contributed by atoms with Crippen LogP contribution in [0.5, 0.6) is 5.75 Å². The molecule has 1 heterocycles. The fraction of sp³-hybridized carbons (Fsp3) is 0.0500. The Morgan fingerprint density at radius 1 is 1.30 bits per heavy atom. The van der Waals surface area contributed by atoms with Crippen molar-refractivity contribution in [2.45, 2.75) is 6.92 Å². The standard InChI is InChI=1S/C20H12BrClN2O2S/c1-12(25)26-19-7-2-13(9-17(19)21)8-15(10-23)20-24-18(11-27-20)14-3-5-16(22)6-4-14/h2-9,11H,1H3/b15-8+. The fourth-order valence-corrected chi connectivity index (χ4v) is 3.70. The van der Waals surface area contributed by atoms with E-state index in [1.165, 1.54) is 18.3 Å². The number of nitriles is 1. The van der Waals surface area contributed by atoms with Gasteiger partial charge in [0.05, 0.1) is 15.7 Å². The predicted molar refractivity (Wildman–Crippen MR) is 111 cm³/mol. The Morgan fingerprint density at radius 2 is 2.04 bits per heavy atom. The quantitative estimate of drug-likeness (QED) is 0.264. The molecular formula is C20H12BrClN2O2S. The molecule has 134 valence electrons. The van der Waals surface area contributed by atoms with E-state index in [0.717, 1.165) is 16.8 Å². The molecule has 7 heteroatoms. The maximum Gasteiger partial charge on any atom is 0.308 e. The van der Waals surface area contributed by atoms with Gasteiger partial charge in [0, 0.05) is 22.9 Å². The maximum absolute atomic E-state index is 11.1. The molecule has 3 aromatic rings. The number of rotatable bonds is 4. The molecule has 0 aliphatic rings. The average Bonchev–Trinajstić information content (AvgIpc) is 3.12. The van der Waals surface area contributed by atoms with Crippen molar-refractivity contribution in [1.82, 2.24) is 4.98 Å². The summed E-state index contributed by atoms with van der Waals surface area (Å²) < 4.78 is 5.71. The van der Waals surface area contributed by atoms with Crippen LogP contribution in [0.15, 0.2) is 52.3 Å². The van der Waals surface area contributed by atoms with Crippen LogP contribution in [0.2, 0.25) is 5.02 Å². The molecule has 0 bridgehead atoms. The topological polar surface area (TPSA) is 63.0 Å². The molecule has 0 unspecified atom stereocenters. The van der Waals surface area contributed by atoms with Gasteiger partial charge in [0.15, 0.2) is 0 Å². The van der Waals surface area contributed by atoms with E-state index in [1.807, 2.05) is 17.5 Å². The molecular weight excluding hydrogens is 448 g/mol. The highest BCUT2D eigenvalue weighted by atomic mass is 79.9. The fourth-order valence-electron chi connectivity index (χ4n) is 2.30. The van der Waals surface area contributed by atoms with Crippen LogP contribution in [0.25, 0.3) is 22.9 Å². The third kappa shape index (κ3) is 4.83. The SMILES string of the molecule is CC(=O)Oc1ccc(/C=C(\C#N)c2nc(-c3ccc(Cl)cc3)cs2)cc1Br. The average molecular weight is 460 g/mol. The van der Waals surface area contributed by atoms with Crippen LogP contribution in [-0.4, -0.2) is 11.0 Å². The zero-order valence-corrected chi connectivity index (χ0v) is 17.2. The summed E-state index contributed by atoms with van der Waals surface area (Å²) in [6.45, 7) is 1.34. The molecule has 27 heavy (non-hydrogen) atoms. The van der Waals surface area contributed by atoms with Crippen molar-refractivity contribution in [2.24, 2.45) is 0 Å². The van der Waals surface area contributed by atoms with Gasteiger partial charge in [-0.25, -0.2) is 4.98 Å². The van der Waals surface area contributed by atoms with E-state index >= 15 is 0 Å². The number of allylic oxidation sites excluding steroid dienone is 1. The Balaban J connectivity index is 1.89. The first-order valence-electron chi connectivity index (χ1n) is 7.78. The number of benzene rings is 2. The number of esters is 1. The summed E-state index contributed by atoms with van der Waals surface area (Å²) in [7, 11) is 0. The molecule has 0 saturated heterocycles. The predicted octanol–water partition coefficient (Wildman–Crippen LogP) is 6.22. The second kappa shape index (κ2) is 8.49. The lowest BCUT2D eigenvalue weighted by molar-refractivity contribution is -0.131. The number of aromatic nitrogens is 1. The zero-order valence-electron chi connectivity index (χ0n) is 14.1. The minimum atomic E-state index is -0.394. The Labute approximate surface area is 173 Å². The van der Waals surface area contributed by atoms with Crippen LogP contribution in [0.1, 0.15) is 17.5 Å². The summed E-state index contributed by atoms with van der Waals surface area (Å²) in [5.74, 6) is 0.0339. The van der Waals surface area contributed by atoms with Crippen LogP contribution >= 0.6 is 38.9 Å². The number of carbonyl (C=O) groups excluding carboxylic acids is 1. The Morgan fingerprint density at radius 3 is 2.67 bits per heavy atom. The number of nitrogens with zero attached hydrogens (tertiary/aromatic N) is 2. The lowest BCUT2D eigenvalue weighted by Crippen LogP contribution is -2.01. The highest BCUT2D eigenvalue weighted by molar-refractivity contribution is 9.10. The van der Waals surface area contributed by atoms with Gasteiger partial charge in [0.1, 0.15) is 16.8 Å². The van der Waals surface area contributed by atoms with Gasteiger partial charge in [0.2, 0.25) is 0 Å². The van der Waals surface area contributed by atoms with E-state index in [-0.39, 0.29) is 0 Å². The van der Waals surface area contributed by atoms with Crippen LogP contribution < -0.4 is 4.74 Å². The third-order valence-electron chi connectivity index (χ3n) is 3.52. The van der Waals surface area contributed by atoms with Crippen LogP contribution in [0.4, 0.5) is 0 Å². The first kappa shape index (κ1) is 19.3. The van der Waals surface area contributed by atoms with E-state index in [0.29, 0.717) is 25.8 Å². The second-order valence-electron chi connectivity index (χ2n) is 5.50. The number of halogens is 2. The van der Waals surface area contributed by atoms with Crippen LogP contribution in [0.3, 0.4) is 0 Å². The largest absolute Gasteiger partial charge is 0.426 e. The minimum absolute atomic E-state index is 0.394. The van der Waals surface area contributed by atoms with Gasteiger partial charge in [0.25, 0.3) is 0 Å². The normalized spacial score (nSPS) is 11.1. The zero-order chi connectivity index (χ0) is 19.4. The molecule has 0 aliphatic heterocycles. The Kier molecular flexibility index (Phi) is 6.07. The van der Waals surface area contributed by atoms with Gasteiger partial charge in [-0.2, -0.15) is 5.26 Å². The third-order valence-corrected chi connectivity index (χ3v) is 5.26. The summed E-state index contributed by atoms with van der Waals surface area (Å²) in [5, 5.41) is 12.7. The number of carbonyl (C=O) groups is 1. The molecule has 0 aliphatic carbocycles. The summed E-state index contributed by atoms with van der Waals surface area (Å²) in [6, 6.07) is 14.8. The van der Waals surface area contributed by atoms with Crippen molar-refractivity contribution in [2.75, 3.05) is 0 Å². The molecule has 1 aromatic heterocycles. The monoisotopic (exact) mass is 458 g/mol. The van der Waals surface area contributed by atoms with E-state index in [1.54, 1.807) is 36.4 Å². The molecule has 0 N–H and O–H groups in total. The van der Waals surface area contributed by atoms with E-state index < -0.39 is 5.97 Å². The molecule has 0 saturated carbocycles. The molecule has 3 rings (SSSR count). The Hall–Kier alpha value is -2.46. The molecule has 4 nitrogen and oxygen atoms in total. The number of hydrogen-bond acceptors (Lipinski definition) is 5. The lowest BCUT2D eigenvalue weighted by Gasteiger charge is -2.05. The Bertz CT molecular complexity index is 1070. The first-order chi connectivity index (χ1) is 13.0. The first-order valence-corrected chi connectivity index (χ1v) is 9.83. The van der Waals surface area contributed by atoms with Crippen molar-refractivity contribution in [3.8, 4) is 23.1 Å². The van der Waals surface area contributed by atoms with Gasteiger partial charge >= 0.3 is 5.97 Å². The molecule has 0 atom stereocenters. The molecule has 0 fully saturated rings. The number of ether oxygens (including phenoxy) is 1. The van der Waals surface area contributed by atoms with E-state index in [9.17, 15) is 10.1 Å². The van der Waals surface area contributed by atoms with Gasteiger partial charge in [-0.1, -0.05) is 29.8 Å². The maximum atomic E-state index is 11.1. The number of hydrogen-bond donors (Lipinski definition) is 0. The van der Waals surface area contributed by atoms with Gasteiger partial charge < -0.3 is 4.74 Å². The highest BCUT2D eigenvalue weighted by Crippen LogP contribution is 2.30. The highest BCUT2D eigenvalue weighted by Gasteiger charge is 2.10. The van der Waals surface area contributed by atoms with E-state index in [4.69, 9.17) is 16.3 Å². The smallest absolute Gasteiger partial charge is 0.308 e. The molecule has 0 amide bonds. The van der Waals surface area contributed by atoms with Crippen LogP contribution in [0, 0.1) is 11.3 Å². The van der Waals surface area contributed by atoms with Crippen molar-refractivity contribution in [3.63, 3.8) is 0 Å². The molecule has 0 spiro atoms. The van der Waals surface area contributed by atoms with Crippen molar-refractivity contribution >= 4 is 56.5 Å².